The molecule has 3 aliphatic rings. The molecule has 11 heavy (non-hydrogen) atoms. The van der Waals surface area contributed by atoms with Crippen molar-refractivity contribution >= 4 is 0 Å². The van der Waals surface area contributed by atoms with Crippen molar-refractivity contribution in [1.82, 2.24) is 0 Å². The number of hydrogen-bond acceptors (Lipinski definition) is 1. The van der Waals surface area contributed by atoms with Gasteiger partial charge in [-0.2, -0.15) is 0 Å². The van der Waals surface area contributed by atoms with Gasteiger partial charge in [0, 0.05) is 6.61 Å². The molecule has 1 nitrogen and oxygen atoms in total. The topological polar surface area (TPSA) is 20.2 Å². The summed E-state index contributed by atoms with van der Waals surface area (Å²) in [5.74, 6) is 0. The van der Waals surface area contributed by atoms with Gasteiger partial charge in [-0.25, -0.2) is 0 Å². The maximum atomic E-state index is 9.25. The van der Waals surface area contributed by atoms with E-state index in [1.165, 1.54) is 38.5 Å². The van der Waals surface area contributed by atoms with E-state index in [9.17, 15) is 5.11 Å². The summed E-state index contributed by atoms with van der Waals surface area (Å²) in [4.78, 5) is 0. The van der Waals surface area contributed by atoms with E-state index in [-0.39, 0.29) is 0 Å². The molecule has 0 atom stereocenters. The van der Waals surface area contributed by atoms with Crippen LogP contribution in [0.3, 0.4) is 0 Å². The van der Waals surface area contributed by atoms with Gasteiger partial charge in [-0.1, -0.05) is 6.92 Å². The summed E-state index contributed by atoms with van der Waals surface area (Å²) < 4.78 is 0. The molecule has 0 unspecified atom stereocenters. The van der Waals surface area contributed by atoms with Gasteiger partial charge in [-0.05, 0) is 49.4 Å². The second kappa shape index (κ2) is 2.22. The average Bonchev–Trinajstić information content (AvgIpc) is 2.07. The normalized spacial score (nSPS) is 49.6. The Morgan fingerprint density at radius 2 is 1.45 bits per heavy atom. The van der Waals surface area contributed by atoms with Crippen LogP contribution < -0.4 is 0 Å². The van der Waals surface area contributed by atoms with Crippen LogP contribution in [0, 0.1) is 10.8 Å². The van der Waals surface area contributed by atoms with Crippen molar-refractivity contribution in [2.45, 2.75) is 45.4 Å². The minimum atomic E-state index is 0.359. The second-order valence-electron chi connectivity index (χ2n) is 4.97. The fourth-order valence-electron chi connectivity index (χ4n) is 2.69. The standard InChI is InChI=1S/C10H18O/c1-9-2-5-10(8-11,6-3-9)7-4-9/h11H,2-8H2,1H3. The van der Waals surface area contributed by atoms with Gasteiger partial charge < -0.3 is 5.11 Å². The molecule has 2 bridgehead atoms. The Morgan fingerprint density at radius 1 is 1.00 bits per heavy atom. The van der Waals surface area contributed by atoms with Crippen LogP contribution in [0.5, 0.6) is 0 Å². The molecule has 0 spiro atoms. The van der Waals surface area contributed by atoms with Crippen LogP contribution in [-0.4, -0.2) is 11.7 Å². The molecule has 0 radical (unpaired) electrons. The predicted molar refractivity (Wildman–Crippen MR) is 45.3 cm³/mol. The maximum absolute atomic E-state index is 9.25. The third-order valence-corrected chi connectivity index (χ3v) is 4.11. The van der Waals surface area contributed by atoms with Crippen molar-refractivity contribution in [3.63, 3.8) is 0 Å². The predicted octanol–water partition coefficient (Wildman–Crippen LogP) is 2.34. The van der Waals surface area contributed by atoms with Crippen LogP contribution >= 0.6 is 0 Å². The zero-order chi connectivity index (χ0) is 7.95. The Hall–Kier alpha value is -0.0400. The number of rotatable bonds is 1. The van der Waals surface area contributed by atoms with Crippen LogP contribution in [0.4, 0.5) is 0 Å². The number of fused-ring (bicyclic) bond motifs is 3. The molecule has 3 fully saturated rings. The lowest BCUT2D eigenvalue weighted by Crippen LogP contribution is -2.41. The van der Waals surface area contributed by atoms with Crippen molar-refractivity contribution in [2.75, 3.05) is 6.61 Å². The second-order valence-corrected chi connectivity index (χ2v) is 4.97. The number of aliphatic hydroxyl groups excluding tert-OH is 1. The van der Waals surface area contributed by atoms with Crippen LogP contribution in [0.25, 0.3) is 0 Å². The molecule has 64 valence electrons. The third-order valence-electron chi connectivity index (χ3n) is 4.11. The number of aliphatic hydroxyl groups is 1. The monoisotopic (exact) mass is 154 g/mol. The highest BCUT2D eigenvalue weighted by molar-refractivity contribution is 4.96. The van der Waals surface area contributed by atoms with Crippen LogP contribution in [0.2, 0.25) is 0 Å². The van der Waals surface area contributed by atoms with E-state index in [0.29, 0.717) is 17.4 Å². The molecular weight excluding hydrogens is 136 g/mol. The van der Waals surface area contributed by atoms with E-state index in [1.807, 2.05) is 0 Å². The molecule has 0 aromatic rings. The first kappa shape index (κ1) is 7.60. The SMILES string of the molecule is CC12CCC(CO)(CC1)CC2. The van der Waals surface area contributed by atoms with Gasteiger partial charge in [0.05, 0.1) is 0 Å². The Morgan fingerprint density at radius 3 is 1.82 bits per heavy atom. The summed E-state index contributed by atoms with van der Waals surface area (Å²) >= 11 is 0. The molecule has 0 heterocycles. The highest BCUT2D eigenvalue weighted by Crippen LogP contribution is 2.56. The molecular formula is C10H18O. The van der Waals surface area contributed by atoms with Crippen molar-refractivity contribution in [3.05, 3.63) is 0 Å². The van der Waals surface area contributed by atoms with E-state index in [4.69, 9.17) is 0 Å². The lowest BCUT2D eigenvalue weighted by atomic mass is 9.55. The van der Waals surface area contributed by atoms with Crippen molar-refractivity contribution < 1.29 is 5.11 Å². The fraction of sp³-hybridized carbons (Fsp3) is 1.00. The molecule has 3 aliphatic carbocycles. The summed E-state index contributed by atoms with van der Waals surface area (Å²) in [7, 11) is 0. The van der Waals surface area contributed by atoms with Gasteiger partial charge in [0.15, 0.2) is 0 Å². The molecule has 0 aromatic heterocycles. The summed E-state index contributed by atoms with van der Waals surface area (Å²) in [5.41, 5.74) is 1.01. The minimum absolute atomic E-state index is 0.359. The highest BCUT2D eigenvalue weighted by Gasteiger charge is 2.45. The largest absolute Gasteiger partial charge is 0.396 e. The molecule has 0 aromatic carbocycles. The number of hydrogen-bond donors (Lipinski definition) is 1. The highest BCUT2D eigenvalue weighted by atomic mass is 16.3. The first-order valence-electron chi connectivity index (χ1n) is 4.79. The van der Waals surface area contributed by atoms with Gasteiger partial charge in [-0.15, -0.1) is 0 Å². The van der Waals surface area contributed by atoms with Gasteiger partial charge in [0.25, 0.3) is 0 Å². The molecule has 3 rings (SSSR count). The minimum Gasteiger partial charge on any atom is -0.396 e. The molecule has 0 aliphatic heterocycles. The first-order chi connectivity index (χ1) is 5.18. The van der Waals surface area contributed by atoms with Gasteiger partial charge >= 0.3 is 0 Å². The van der Waals surface area contributed by atoms with Gasteiger partial charge in [-0.3, -0.25) is 0 Å². The smallest absolute Gasteiger partial charge is 0.0487 e. The zero-order valence-electron chi connectivity index (χ0n) is 7.40. The Kier molecular flexibility index (Phi) is 1.54. The molecule has 1 heteroatoms. The van der Waals surface area contributed by atoms with E-state index >= 15 is 0 Å². The van der Waals surface area contributed by atoms with E-state index in [0.717, 1.165) is 0 Å². The van der Waals surface area contributed by atoms with Crippen molar-refractivity contribution in [2.24, 2.45) is 10.8 Å². The van der Waals surface area contributed by atoms with Gasteiger partial charge in [0.1, 0.15) is 0 Å². The maximum Gasteiger partial charge on any atom is 0.0487 e. The summed E-state index contributed by atoms with van der Waals surface area (Å²) in [5, 5.41) is 9.25. The quantitative estimate of drug-likeness (QED) is 0.614. The first-order valence-corrected chi connectivity index (χ1v) is 4.79. The Bertz CT molecular complexity index is 138. The Balaban J connectivity index is 2.12. The van der Waals surface area contributed by atoms with Crippen molar-refractivity contribution in [3.8, 4) is 0 Å². The van der Waals surface area contributed by atoms with E-state index in [1.54, 1.807) is 0 Å². The third kappa shape index (κ3) is 1.10. The van der Waals surface area contributed by atoms with Crippen LogP contribution in [-0.2, 0) is 0 Å². The Labute approximate surface area is 68.8 Å². The molecule has 1 N–H and O–H groups in total. The molecule has 0 saturated heterocycles. The van der Waals surface area contributed by atoms with Crippen LogP contribution in [0.1, 0.15) is 45.4 Å². The summed E-state index contributed by atoms with van der Waals surface area (Å²) in [6, 6.07) is 0. The van der Waals surface area contributed by atoms with Crippen molar-refractivity contribution in [1.29, 1.82) is 0 Å². The summed E-state index contributed by atoms with van der Waals surface area (Å²) in [6.45, 7) is 2.84. The molecule has 0 amide bonds. The lowest BCUT2D eigenvalue weighted by molar-refractivity contribution is -0.0331. The summed E-state index contributed by atoms with van der Waals surface area (Å²) in [6.07, 6.45) is 7.90. The zero-order valence-corrected chi connectivity index (χ0v) is 7.40. The average molecular weight is 154 g/mol. The van der Waals surface area contributed by atoms with E-state index in [2.05, 4.69) is 6.92 Å². The van der Waals surface area contributed by atoms with E-state index < -0.39 is 0 Å². The molecule has 3 saturated carbocycles. The fourth-order valence-corrected chi connectivity index (χ4v) is 2.69. The van der Waals surface area contributed by atoms with Gasteiger partial charge in [0.2, 0.25) is 0 Å². The lowest BCUT2D eigenvalue weighted by Gasteiger charge is -2.51. The van der Waals surface area contributed by atoms with Crippen LogP contribution in [0.15, 0.2) is 0 Å².